The number of hydrogen-bond donors (Lipinski definition) is 0. The predicted octanol–water partition coefficient (Wildman–Crippen LogP) is 4.01. The molecular formula is C15H24O2. The zero-order valence-corrected chi connectivity index (χ0v) is 11.1. The van der Waals surface area contributed by atoms with Gasteiger partial charge in [-0.1, -0.05) is 20.3 Å². The molecule has 1 aliphatic carbocycles. The van der Waals surface area contributed by atoms with E-state index in [1.54, 1.807) is 0 Å². The third kappa shape index (κ3) is 5.74. The first-order valence-electron chi connectivity index (χ1n) is 6.89. The monoisotopic (exact) mass is 236 g/mol. The van der Waals surface area contributed by atoms with Crippen molar-refractivity contribution in [2.75, 3.05) is 0 Å². The fourth-order valence-corrected chi connectivity index (χ4v) is 2.16. The van der Waals surface area contributed by atoms with Crippen LogP contribution >= 0.6 is 0 Å². The molecule has 1 rings (SSSR count). The van der Waals surface area contributed by atoms with Crippen molar-refractivity contribution in [1.82, 2.24) is 0 Å². The molecule has 1 fully saturated rings. The maximum atomic E-state index is 11.5. The average Bonchev–Trinajstić information content (AvgIpc) is 2.36. The minimum Gasteiger partial charge on any atom is -0.459 e. The Labute approximate surface area is 105 Å². The lowest BCUT2D eigenvalue weighted by molar-refractivity contribution is -0.144. The van der Waals surface area contributed by atoms with E-state index in [9.17, 15) is 4.79 Å². The van der Waals surface area contributed by atoms with Gasteiger partial charge in [0.25, 0.3) is 0 Å². The summed E-state index contributed by atoms with van der Waals surface area (Å²) in [6.07, 6.45) is 11.4. The van der Waals surface area contributed by atoms with Crippen LogP contribution in [0.3, 0.4) is 0 Å². The van der Waals surface area contributed by atoms with Crippen LogP contribution in [0.1, 0.15) is 58.8 Å². The normalized spacial score (nSPS) is 16.4. The topological polar surface area (TPSA) is 26.3 Å². The Balaban J connectivity index is 2.34. The highest BCUT2D eigenvalue weighted by atomic mass is 16.5. The molecule has 0 heterocycles. The first-order valence-corrected chi connectivity index (χ1v) is 6.89. The van der Waals surface area contributed by atoms with Gasteiger partial charge in [0.05, 0.1) is 6.08 Å². The molecule has 0 aliphatic heterocycles. The molecule has 0 aromatic carbocycles. The van der Waals surface area contributed by atoms with Crippen molar-refractivity contribution in [3.63, 3.8) is 0 Å². The lowest BCUT2D eigenvalue weighted by Crippen LogP contribution is -2.19. The van der Waals surface area contributed by atoms with Crippen molar-refractivity contribution in [3.8, 4) is 0 Å². The molecule has 17 heavy (non-hydrogen) atoms. The van der Waals surface area contributed by atoms with Gasteiger partial charge in [0.15, 0.2) is 0 Å². The second-order valence-electron chi connectivity index (χ2n) is 4.75. The number of carbonyl (C=O) groups excluding carboxylic acids is 1. The van der Waals surface area contributed by atoms with Gasteiger partial charge in [0, 0.05) is 0 Å². The molecule has 0 amide bonds. The third-order valence-electron chi connectivity index (χ3n) is 3.42. The van der Waals surface area contributed by atoms with Crippen LogP contribution in [0.4, 0.5) is 0 Å². The van der Waals surface area contributed by atoms with E-state index in [1.807, 2.05) is 6.08 Å². The summed E-state index contributed by atoms with van der Waals surface area (Å²) in [6.45, 7) is 4.29. The Morgan fingerprint density at radius 2 is 1.94 bits per heavy atom. The van der Waals surface area contributed by atoms with E-state index in [1.165, 1.54) is 25.3 Å². The molecule has 2 heteroatoms. The van der Waals surface area contributed by atoms with Crippen molar-refractivity contribution in [3.05, 3.63) is 17.9 Å². The summed E-state index contributed by atoms with van der Waals surface area (Å²) in [5, 5.41) is 0. The van der Waals surface area contributed by atoms with Crippen molar-refractivity contribution >= 4 is 5.97 Å². The minimum atomic E-state index is -0.237. The van der Waals surface area contributed by atoms with Crippen molar-refractivity contribution in [2.45, 2.75) is 64.9 Å². The molecule has 0 aromatic heterocycles. The highest BCUT2D eigenvalue weighted by Crippen LogP contribution is 2.20. The summed E-state index contributed by atoms with van der Waals surface area (Å²) in [4.78, 5) is 11.5. The smallest absolute Gasteiger partial charge is 0.338 e. The number of esters is 1. The van der Waals surface area contributed by atoms with Crippen LogP contribution in [0, 0.1) is 5.92 Å². The standard InChI is InChI=1S/C15H24O2/c1-3-13(4-2)9-8-12-15(16)17-14-10-6-5-7-11-14/h9,12-14H,3-7,10-11H2,1-2H3. The molecule has 0 saturated heterocycles. The van der Waals surface area contributed by atoms with Crippen molar-refractivity contribution in [1.29, 1.82) is 0 Å². The van der Waals surface area contributed by atoms with Gasteiger partial charge in [-0.3, -0.25) is 0 Å². The van der Waals surface area contributed by atoms with Crippen LogP contribution in [0.25, 0.3) is 0 Å². The summed E-state index contributed by atoms with van der Waals surface area (Å²) in [6, 6.07) is 0. The SMILES string of the molecule is CCC(C=C=CC(=O)OC1CCCCC1)CC. The lowest BCUT2D eigenvalue weighted by Gasteiger charge is -2.20. The zero-order chi connectivity index (χ0) is 12.5. The molecule has 0 atom stereocenters. The molecular weight excluding hydrogens is 212 g/mol. The van der Waals surface area contributed by atoms with Crippen LogP contribution in [0.5, 0.6) is 0 Å². The molecule has 96 valence electrons. The number of rotatable bonds is 5. The summed E-state index contributed by atoms with van der Waals surface area (Å²) < 4.78 is 5.36. The summed E-state index contributed by atoms with van der Waals surface area (Å²) in [5.74, 6) is 0.285. The van der Waals surface area contributed by atoms with E-state index in [0.29, 0.717) is 5.92 Å². The fourth-order valence-electron chi connectivity index (χ4n) is 2.16. The maximum absolute atomic E-state index is 11.5. The largest absolute Gasteiger partial charge is 0.459 e. The average molecular weight is 236 g/mol. The van der Waals surface area contributed by atoms with Crippen LogP contribution in [0.15, 0.2) is 17.9 Å². The van der Waals surface area contributed by atoms with Gasteiger partial charge in [0.1, 0.15) is 6.10 Å². The number of carbonyl (C=O) groups is 1. The molecule has 0 N–H and O–H groups in total. The van der Waals surface area contributed by atoms with Gasteiger partial charge in [-0.15, -0.1) is 5.73 Å². The van der Waals surface area contributed by atoms with E-state index in [0.717, 1.165) is 25.7 Å². The molecule has 0 radical (unpaired) electrons. The van der Waals surface area contributed by atoms with Gasteiger partial charge in [0.2, 0.25) is 0 Å². The zero-order valence-electron chi connectivity index (χ0n) is 11.1. The van der Waals surface area contributed by atoms with Gasteiger partial charge in [-0.25, -0.2) is 4.79 Å². The first-order chi connectivity index (χ1) is 8.26. The third-order valence-corrected chi connectivity index (χ3v) is 3.42. The van der Waals surface area contributed by atoms with Gasteiger partial charge in [-0.05, 0) is 50.5 Å². The molecule has 0 aromatic rings. The van der Waals surface area contributed by atoms with E-state index >= 15 is 0 Å². The molecule has 0 spiro atoms. The van der Waals surface area contributed by atoms with E-state index < -0.39 is 0 Å². The van der Waals surface area contributed by atoms with E-state index in [-0.39, 0.29) is 12.1 Å². The van der Waals surface area contributed by atoms with E-state index in [4.69, 9.17) is 4.74 Å². The van der Waals surface area contributed by atoms with Crippen LogP contribution < -0.4 is 0 Å². The van der Waals surface area contributed by atoms with Crippen LogP contribution in [-0.4, -0.2) is 12.1 Å². The van der Waals surface area contributed by atoms with Crippen molar-refractivity contribution < 1.29 is 9.53 Å². The Hall–Kier alpha value is -1.01. The summed E-state index contributed by atoms with van der Waals surface area (Å²) in [5.41, 5.74) is 2.95. The highest BCUT2D eigenvalue weighted by molar-refractivity contribution is 5.81. The second-order valence-corrected chi connectivity index (χ2v) is 4.75. The van der Waals surface area contributed by atoms with Crippen LogP contribution in [-0.2, 0) is 9.53 Å². The van der Waals surface area contributed by atoms with Gasteiger partial charge >= 0.3 is 5.97 Å². The maximum Gasteiger partial charge on any atom is 0.338 e. The van der Waals surface area contributed by atoms with Gasteiger partial charge < -0.3 is 4.74 Å². The Morgan fingerprint density at radius 3 is 2.53 bits per heavy atom. The molecule has 1 saturated carbocycles. The Morgan fingerprint density at radius 1 is 1.29 bits per heavy atom. The quantitative estimate of drug-likeness (QED) is 0.409. The number of ether oxygens (including phenoxy) is 1. The predicted molar refractivity (Wildman–Crippen MR) is 69.7 cm³/mol. The molecule has 0 unspecified atom stereocenters. The Bertz CT molecular complexity index is 277. The van der Waals surface area contributed by atoms with E-state index in [2.05, 4.69) is 19.6 Å². The first kappa shape index (κ1) is 14.1. The molecule has 2 nitrogen and oxygen atoms in total. The molecule has 0 bridgehead atoms. The minimum absolute atomic E-state index is 0.141. The Kier molecular flexibility index (Phi) is 6.73. The van der Waals surface area contributed by atoms with Gasteiger partial charge in [-0.2, -0.15) is 0 Å². The van der Waals surface area contributed by atoms with Crippen LogP contribution in [0.2, 0.25) is 0 Å². The summed E-state index contributed by atoms with van der Waals surface area (Å²) >= 11 is 0. The molecule has 1 aliphatic rings. The highest BCUT2D eigenvalue weighted by Gasteiger charge is 2.15. The summed E-state index contributed by atoms with van der Waals surface area (Å²) in [7, 11) is 0. The number of hydrogen-bond acceptors (Lipinski definition) is 2. The van der Waals surface area contributed by atoms with Crippen molar-refractivity contribution in [2.24, 2.45) is 5.92 Å². The second kappa shape index (κ2) is 8.14. The lowest BCUT2D eigenvalue weighted by atomic mass is 9.98. The fraction of sp³-hybridized carbons (Fsp3) is 0.733.